The summed E-state index contributed by atoms with van der Waals surface area (Å²) in [4.78, 5) is 11.5. The number of hydrogen-bond donors (Lipinski definition) is 2. The number of hydrogen-bond acceptors (Lipinski definition) is 5. The van der Waals surface area contributed by atoms with Gasteiger partial charge in [-0.2, -0.15) is 5.10 Å². The third-order valence-electron chi connectivity index (χ3n) is 3.00. The van der Waals surface area contributed by atoms with Crippen LogP contribution in [0, 0.1) is 0 Å². The average molecular weight is 274 g/mol. The van der Waals surface area contributed by atoms with Crippen molar-refractivity contribution >= 4 is 17.3 Å². The van der Waals surface area contributed by atoms with Crippen molar-refractivity contribution in [1.29, 1.82) is 0 Å². The van der Waals surface area contributed by atoms with Crippen LogP contribution in [0.15, 0.2) is 30.6 Å². The number of para-hydroxylation sites is 1. The molecule has 0 bridgehead atoms. The number of methoxy groups -OCH3 is 1. The Bertz CT molecular complexity index is 607. The van der Waals surface area contributed by atoms with Crippen LogP contribution in [0.1, 0.15) is 15.9 Å². The number of rotatable bonds is 5. The first-order valence-corrected chi connectivity index (χ1v) is 6.30. The normalized spacial score (nSPS) is 10.3. The van der Waals surface area contributed by atoms with Crippen LogP contribution < -0.4 is 11.1 Å². The van der Waals surface area contributed by atoms with Crippen LogP contribution in [-0.4, -0.2) is 29.4 Å². The van der Waals surface area contributed by atoms with Gasteiger partial charge in [-0.3, -0.25) is 4.68 Å². The first kappa shape index (κ1) is 13.9. The predicted octanol–water partition coefficient (Wildman–Crippen LogP) is 1.44. The highest BCUT2D eigenvalue weighted by Gasteiger charge is 2.12. The van der Waals surface area contributed by atoms with Crippen molar-refractivity contribution < 1.29 is 9.53 Å². The molecule has 0 amide bonds. The number of carbonyl (C=O) groups is 1. The Morgan fingerprint density at radius 2 is 2.30 bits per heavy atom. The molecule has 106 valence electrons. The lowest BCUT2D eigenvalue weighted by Gasteiger charge is -2.11. The van der Waals surface area contributed by atoms with E-state index in [4.69, 9.17) is 10.5 Å². The van der Waals surface area contributed by atoms with Gasteiger partial charge in [0.25, 0.3) is 0 Å². The Kier molecular flexibility index (Phi) is 4.24. The van der Waals surface area contributed by atoms with Crippen LogP contribution >= 0.6 is 0 Å². The number of nitrogens with zero attached hydrogens (tertiary/aromatic N) is 2. The molecule has 20 heavy (non-hydrogen) atoms. The van der Waals surface area contributed by atoms with E-state index in [0.717, 1.165) is 17.7 Å². The summed E-state index contributed by atoms with van der Waals surface area (Å²) in [5, 5.41) is 7.33. The molecule has 1 heterocycles. The largest absolute Gasteiger partial charge is 0.465 e. The SMILES string of the molecule is COC(=O)c1cccc(NCCc2cnn(C)c2)c1N. The molecule has 0 saturated heterocycles. The Hall–Kier alpha value is -2.50. The van der Waals surface area contributed by atoms with Crippen LogP contribution in [0.4, 0.5) is 11.4 Å². The van der Waals surface area contributed by atoms with Gasteiger partial charge in [0.1, 0.15) is 0 Å². The summed E-state index contributed by atoms with van der Waals surface area (Å²) in [6, 6.07) is 5.26. The van der Waals surface area contributed by atoms with E-state index in [1.54, 1.807) is 16.8 Å². The molecule has 0 saturated carbocycles. The summed E-state index contributed by atoms with van der Waals surface area (Å²) in [5.74, 6) is -0.432. The summed E-state index contributed by atoms with van der Waals surface area (Å²) in [5.41, 5.74) is 8.62. The topological polar surface area (TPSA) is 82.2 Å². The van der Waals surface area contributed by atoms with Gasteiger partial charge in [-0.25, -0.2) is 4.79 Å². The Balaban J connectivity index is 2.01. The molecule has 0 spiro atoms. The molecule has 2 rings (SSSR count). The maximum atomic E-state index is 11.5. The Morgan fingerprint density at radius 3 is 2.95 bits per heavy atom. The molecule has 0 aliphatic rings. The van der Waals surface area contributed by atoms with Crippen molar-refractivity contribution in [2.75, 3.05) is 24.7 Å². The summed E-state index contributed by atoms with van der Waals surface area (Å²) in [6.07, 6.45) is 4.63. The second-order valence-corrected chi connectivity index (χ2v) is 4.46. The van der Waals surface area contributed by atoms with Crippen molar-refractivity contribution in [3.8, 4) is 0 Å². The highest BCUT2D eigenvalue weighted by atomic mass is 16.5. The monoisotopic (exact) mass is 274 g/mol. The lowest BCUT2D eigenvalue weighted by atomic mass is 10.1. The second kappa shape index (κ2) is 6.10. The number of nitrogen functional groups attached to an aromatic ring is 1. The molecular formula is C14H18N4O2. The van der Waals surface area contributed by atoms with E-state index in [2.05, 4.69) is 10.4 Å². The number of ether oxygens (including phenoxy) is 1. The third-order valence-corrected chi connectivity index (χ3v) is 3.00. The standard InChI is InChI=1S/C14H18N4O2/c1-18-9-10(8-17-18)6-7-16-12-5-3-4-11(13(12)15)14(19)20-2/h3-5,8-9,16H,6-7,15H2,1-2H3. The summed E-state index contributed by atoms with van der Waals surface area (Å²) >= 11 is 0. The van der Waals surface area contributed by atoms with Crippen LogP contribution in [0.2, 0.25) is 0 Å². The quantitative estimate of drug-likeness (QED) is 0.637. The first-order valence-electron chi connectivity index (χ1n) is 6.30. The van der Waals surface area contributed by atoms with Crippen LogP contribution in [-0.2, 0) is 18.2 Å². The number of benzene rings is 1. The van der Waals surface area contributed by atoms with Gasteiger partial charge in [0.15, 0.2) is 0 Å². The zero-order valence-corrected chi connectivity index (χ0v) is 11.6. The molecule has 6 heteroatoms. The van der Waals surface area contributed by atoms with Crippen molar-refractivity contribution in [2.24, 2.45) is 7.05 Å². The minimum Gasteiger partial charge on any atom is -0.465 e. The number of nitrogens with two attached hydrogens (primary N) is 1. The highest BCUT2D eigenvalue weighted by Crippen LogP contribution is 2.23. The molecule has 0 atom stereocenters. The molecule has 3 N–H and O–H groups in total. The molecule has 1 aromatic carbocycles. The van der Waals surface area contributed by atoms with Crippen LogP contribution in [0.5, 0.6) is 0 Å². The van der Waals surface area contributed by atoms with E-state index in [0.29, 0.717) is 17.8 Å². The minimum absolute atomic E-state index is 0.374. The van der Waals surface area contributed by atoms with E-state index >= 15 is 0 Å². The Labute approximate surface area is 117 Å². The fourth-order valence-corrected chi connectivity index (χ4v) is 1.95. The van der Waals surface area contributed by atoms with Gasteiger partial charge in [-0.1, -0.05) is 6.07 Å². The van der Waals surface area contributed by atoms with Crippen LogP contribution in [0.25, 0.3) is 0 Å². The Morgan fingerprint density at radius 1 is 1.50 bits per heavy atom. The van der Waals surface area contributed by atoms with Gasteiger partial charge in [-0.05, 0) is 24.1 Å². The van der Waals surface area contributed by atoms with Gasteiger partial charge in [0.05, 0.1) is 30.2 Å². The third kappa shape index (κ3) is 3.09. The van der Waals surface area contributed by atoms with E-state index in [-0.39, 0.29) is 0 Å². The maximum Gasteiger partial charge on any atom is 0.340 e. The second-order valence-electron chi connectivity index (χ2n) is 4.46. The highest BCUT2D eigenvalue weighted by molar-refractivity contribution is 5.98. The number of aromatic nitrogens is 2. The molecule has 0 radical (unpaired) electrons. The molecule has 0 fully saturated rings. The van der Waals surface area contributed by atoms with E-state index < -0.39 is 5.97 Å². The number of aryl methyl sites for hydroxylation is 1. The zero-order chi connectivity index (χ0) is 14.5. The van der Waals surface area contributed by atoms with Crippen molar-refractivity contribution in [3.05, 3.63) is 41.7 Å². The lowest BCUT2D eigenvalue weighted by Crippen LogP contribution is -2.11. The smallest absolute Gasteiger partial charge is 0.340 e. The van der Waals surface area contributed by atoms with Gasteiger partial charge in [0, 0.05) is 19.8 Å². The fourth-order valence-electron chi connectivity index (χ4n) is 1.95. The maximum absolute atomic E-state index is 11.5. The van der Waals surface area contributed by atoms with E-state index in [1.165, 1.54) is 7.11 Å². The number of carbonyl (C=O) groups excluding carboxylic acids is 1. The number of anilines is 2. The van der Waals surface area contributed by atoms with E-state index in [9.17, 15) is 4.79 Å². The van der Waals surface area contributed by atoms with Crippen molar-refractivity contribution in [2.45, 2.75) is 6.42 Å². The molecule has 0 aliphatic heterocycles. The molecule has 0 aliphatic carbocycles. The number of nitrogens with one attached hydrogen (secondary N) is 1. The van der Waals surface area contributed by atoms with Crippen molar-refractivity contribution in [1.82, 2.24) is 9.78 Å². The number of esters is 1. The van der Waals surface area contributed by atoms with Gasteiger partial charge in [-0.15, -0.1) is 0 Å². The molecule has 1 aromatic heterocycles. The predicted molar refractivity (Wildman–Crippen MR) is 77.6 cm³/mol. The first-order chi connectivity index (χ1) is 9.61. The summed E-state index contributed by atoms with van der Waals surface area (Å²) in [7, 11) is 3.22. The fraction of sp³-hybridized carbons (Fsp3) is 0.286. The summed E-state index contributed by atoms with van der Waals surface area (Å²) < 4.78 is 6.46. The molecular weight excluding hydrogens is 256 g/mol. The minimum atomic E-state index is -0.432. The summed E-state index contributed by atoms with van der Waals surface area (Å²) in [6.45, 7) is 0.709. The molecule has 2 aromatic rings. The van der Waals surface area contributed by atoms with Crippen LogP contribution in [0.3, 0.4) is 0 Å². The van der Waals surface area contributed by atoms with Crippen molar-refractivity contribution in [3.63, 3.8) is 0 Å². The molecule has 0 unspecified atom stereocenters. The average Bonchev–Trinajstić information content (AvgIpc) is 2.85. The lowest BCUT2D eigenvalue weighted by molar-refractivity contribution is 0.0602. The van der Waals surface area contributed by atoms with Gasteiger partial charge in [0.2, 0.25) is 0 Å². The van der Waals surface area contributed by atoms with Gasteiger partial charge < -0.3 is 15.8 Å². The molecule has 6 nitrogen and oxygen atoms in total. The zero-order valence-electron chi connectivity index (χ0n) is 11.6. The van der Waals surface area contributed by atoms with E-state index in [1.807, 2.05) is 25.5 Å². The van der Waals surface area contributed by atoms with Gasteiger partial charge >= 0.3 is 5.97 Å².